The van der Waals surface area contributed by atoms with Crippen molar-refractivity contribution in [2.75, 3.05) is 0 Å². The van der Waals surface area contributed by atoms with Gasteiger partial charge in [0.15, 0.2) is 0 Å². The van der Waals surface area contributed by atoms with Gasteiger partial charge in [-0.05, 0) is 59.7 Å². The third-order valence-corrected chi connectivity index (χ3v) is 5.79. The fourth-order valence-corrected chi connectivity index (χ4v) is 4.13. The van der Waals surface area contributed by atoms with E-state index in [0.29, 0.717) is 16.8 Å². The maximum atomic E-state index is 13.5. The second kappa shape index (κ2) is 7.43. The lowest BCUT2D eigenvalue weighted by molar-refractivity contribution is 0.953. The molecule has 0 atom stereocenters. The molecule has 4 heteroatoms. The summed E-state index contributed by atoms with van der Waals surface area (Å²) in [6, 6.07) is 25.8. The Morgan fingerprint density at radius 1 is 0.867 bits per heavy atom. The van der Waals surface area contributed by atoms with Crippen LogP contribution in [0.1, 0.15) is 16.7 Å². The lowest BCUT2D eigenvalue weighted by Gasteiger charge is -2.13. The number of halogens is 1. The highest BCUT2D eigenvalue weighted by Gasteiger charge is 2.13. The van der Waals surface area contributed by atoms with Crippen LogP contribution in [-0.4, -0.2) is 9.55 Å². The molecule has 1 heterocycles. The highest BCUT2D eigenvalue weighted by Crippen LogP contribution is 2.28. The second-order valence-electron chi connectivity index (χ2n) is 7.49. The summed E-state index contributed by atoms with van der Waals surface area (Å²) in [5.74, 6) is 0. The molecule has 0 fully saturated rings. The number of benzene rings is 4. The fourth-order valence-electron chi connectivity index (χ4n) is 4.01. The quantitative estimate of drug-likeness (QED) is 0.337. The van der Waals surface area contributed by atoms with Gasteiger partial charge >= 0.3 is 0 Å². The molecular formula is C26H19ClN2O. The second-order valence-corrected chi connectivity index (χ2v) is 7.92. The third-order valence-electron chi connectivity index (χ3n) is 5.54. The Bertz CT molecular complexity index is 1450. The fraction of sp³-hybridized carbons (Fsp3) is 0.0769. The van der Waals surface area contributed by atoms with Crippen LogP contribution in [0.15, 0.2) is 90.0 Å². The smallest absolute Gasteiger partial charge is 0.265 e. The Morgan fingerprint density at radius 2 is 1.57 bits per heavy atom. The maximum absolute atomic E-state index is 13.5. The number of rotatable bonds is 3. The van der Waals surface area contributed by atoms with Crippen molar-refractivity contribution < 1.29 is 0 Å². The number of aryl methyl sites for hydroxylation is 1. The molecule has 0 saturated carbocycles. The first-order valence-electron chi connectivity index (χ1n) is 9.84. The molecule has 5 rings (SSSR count). The van der Waals surface area contributed by atoms with Gasteiger partial charge in [-0.2, -0.15) is 0 Å². The Morgan fingerprint density at radius 3 is 2.33 bits per heavy atom. The molecule has 0 bridgehead atoms. The van der Waals surface area contributed by atoms with Crippen LogP contribution >= 0.6 is 11.6 Å². The summed E-state index contributed by atoms with van der Waals surface area (Å²) >= 11 is 6.04. The van der Waals surface area contributed by atoms with Crippen LogP contribution in [0, 0.1) is 6.92 Å². The number of para-hydroxylation sites is 1. The van der Waals surface area contributed by atoms with Crippen molar-refractivity contribution in [1.29, 1.82) is 0 Å². The first kappa shape index (κ1) is 18.6. The van der Waals surface area contributed by atoms with E-state index >= 15 is 0 Å². The molecule has 0 spiro atoms. The Balaban J connectivity index is 1.77. The number of fused-ring (bicyclic) bond motifs is 3. The molecule has 0 unspecified atom stereocenters. The standard InChI is InChI=1S/C26H19ClN2O/c1-17-6-2-5-9-24(17)29-16-28-25-22-8-4-3-7-21(22)19(15-23(25)26(29)30)14-18-10-12-20(27)13-11-18/h2-13,15-16H,14H2,1H3. The monoisotopic (exact) mass is 410 g/mol. The van der Waals surface area contributed by atoms with Gasteiger partial charge in [-0.25, -0.2) is 4.98 Å². The van der Waals surface area contributed by atoms with E-state index in [0.717, 1.165) is 38.7 Å². The predicted molar refractivity (Wildman–Crippen MR) is 124 cm³/mol. The molecule has 0 N–H and O–H groups in total. The van der Waals surface area contributed by atoms with Crippen molar-refractivity contribution in [1.82, 2.24) is 9.55 Å². The molecule has 0 radical (unpaired) electrons. The molecule has 30 heavy (non-hydrogen) atoms. The summed E-state index contributed by atoms with van der Waals surface area (Å²) in [4.78, 5) is 18.2. The maximum Gasteiger partial charge on any atom is 0.265 e. The van der Waals surface area contributed by atoms with E-state index in [9.17, 15) is 4.79 Å². The van der Waals surface area contributed by atoms with Gasteiger partial charge in [-0.15, -0.1) is 0 Å². The minimum atomic E-state index is -0.0580. The zero-order chi connectivity index (χ0) is 20.7. The van der Waals surface area contributed by atoms with E-state index in [1.165, 1.54) is 0 Å². The normalized spacial score (nSPS) is 11.3. The van der Waals surface area contributed by atoms with E-state index < -0.39 is 0 Å². The van der Waals surface area contributed by atoms with Gasteiger partial charge in [-0.3, -0.25) is 9.36 Å². The Kier molecular flexibility index (Phi) is 4.61. The summed E-state index contributed by atoms with van der Waals surface area (Å²) in [5.41, 5.74) is 4.80. The number of nitrogens with zero attached hydrogens (tertiary/aromatic N) is 2. The molecule has 0 amide bonds. The SMILES string of the molecule is Cc1ccccc1-n1cnc2c(cc(Cc3ccc(Cl)cc3)c3ccccc32)c1=O. The van der Waals surface area contributed by atoms with Gasteiger partial charge in [0.25, 0.3) is 5.56 Å². The average molecular weight is 411 g/mol. The summed E-state index contributed by atoms with van der Waals surface area (Å²) in [6.45, 7) is 2.00. The van der Waals surface area contributed by atoms with Crippen LogP contribution in [0.25, 0.3) is 27.4 Å². The lowest BCUT2D eigenvalue weighted by Crippen LogP contribution is -2.20. The predicted octanol–water partition coefficient (Wildman–Crippen LogP) is 6.09. The molecule has 1 aromatic heterocycles. The van der Waals surface area contributed by atoms with Gasteiger partial charge in [-0.1, -0.05) is 66.2 Å². The zero-order valence-corrected chi connectivity index (χ0v) is 17.2. The van der Waals surface area contributed by atoms with E-state index in [1.807, 2.05) is 79.7 Å². The van der Waals surface area contributed by atoms with Crippen LogP contribution in [0.4, 0.5) is 0 Å². The van der Waals surface area contributed by atoms with Gasteiger partial charge in [0.2, 0.25) is 0 Å². The summed E-state index contributed by atoms with van der Waals surface area (Å²) in [6.07, 6.45) is 2.35. The van der Waals surface area contributed by atoms with Crippen molar-refractivity contribution in [3.63, 3.8) is 0 Å². The van der Waals surface area contributed by atoms with E-state index in [-0.39, 0.29) is 5.56 Å². The zero-order valence-electron chi connectivity index (χ0n) is 16.5. The Labute approximate surface area is 179 Å². The van der Waals surface area contributed by atoms with E-state index in [1.54, 1.807) is 10.9 Å². The number of hydrogen-bond donors (Lipinski definition) is 0. The van der Waals surface area contributed by atoms with Crippen LogP contribution in [0.5, 0.6) is 0 Å². The molecule has 3 nitrogen and oxygen atoms in total. The first-order chi connectivity index (χ1) is 14.6. The van der Waals surface area contributed by atoms with Gasteiger partial charge in [0.05, 0.1) is 16.6 Å². The van der Waals surface area contributed by atoms with Crippen molar-refractivity contribution >= 4 is 33.3 Å². The van der Waals surface area contributed by atoms with Crippen molar-refractivity contribution in [2.24, 2.45) is 0 Å². The molecule has 0 saturated heterocycles. The van der Waals surface area contributed by atoms with Crippen LogP contribution in [0.3, 0.4) is 0 Å². The third kappa shape index (κ3) is 3.17. The first-order valence-corrected chi connectivity index (χ1v) is 10.2. The minimum Gasteiger partial charge on any atom is -0.268 e. The van der Waals surface area contributed by atoms with Crippen molar-refractivity contribution in [3.05, 3.63) is 117 Å². The number of aromatic nitrogens is 2. The molecule has 0 aliphatic heterocycles. The Hall–Kier alpha value is -3.43. The van der Waals surface area contributed by atoms with Gasteiger partial charge < -0.3 is 0 Å². The number of hydrogen-bond acceptors (Lipinski definition) is 2. The molecule has 146 valence electrons. The molecule has 4 aromatic carbocycles. The molecular weight excluding hydrogens is 392 g/mol. The van der Waals surface area contributed by atoms with E-state index in [4.69, 9.17) is 16.6 Å². The van der Waals surface area contributed by atoms with E-state index in [2.05, 4.69) is 6.07 Å². The van der Waals surface area contributed by atoms with Crippen LogP contribution in [0.2, 0.25) is 5.02 Å². The van der Waals surface area contributed by atoms with Gasteiger partial charge in [0, 0.05) is 10.4 Å². The summed E-state index contributed by atoms with van der Waals surface area (Å²) in [5, 5.41) is 3.45. The molecule has 0 aliphatic rings. The lowest BCUT2D eigenvalue weighted by atomic mass is 9.96. The largest absolute Gasteiger partial charge is 0.268 e. The molecule has 5 aromatic rings. The minimum absolute atomic E-state index is 0.0580. The summed E-state index contributed by atoms with van der Waals surface area (Å²) < 4.78 is 1.64. The summed E-state index contributed by atoms with van der Waals surface area (Å²) in [7, 11) is 0. The van der Waals surface area contributed by atoms with Crippen molar-refractivity contribution in [3.8, 4) is 5.69 Å². The molecule has 0 aliphatic carbocycles. The van der Waals surface area contributed by atoms with Crippen LogP contribution in [-0.2, 0) is 6.42 Å². The topological polar surface area (TPSA) is 34.9 Å². The van der Waals surface area contributed by atoms with Crippen molar-refractivity contribution in [2.45, 2.75) is 13.3 Å². The average Bonchev–Trinajstić information content (AvgIpc) is 2.77. The van der Waals surface area contributed by atoms with Crippen LogP contribution < -0.4 is 5.56 Å². The van der Waals surface area contributed by atoms with Gasteiger partial charge in [0.1, 0.15) is 6.33 Å². The highest BCUT2D eigenvalue weighted by atomic mass is 35.5. The highest BCUT2D eigenvalue weighted by molar-refractivity contribution is 6.30.